The second-order valence-corrected chi connectivity index (χ2v) is 9.02. The van der Waals surface area contributed by atoms with Crippen LogP contribution < -0.4 is 9.64 Å². The second kappa shape index (κ2) is 11.5. The summed E-state index contributed by atoms with van der Waals surface area (Å²) in [5.74, 6) is -0.852. The van der Waals surface area contributed by atoms with E-state index in [9.17, 15) is 14.0 Å². The third-order valence-electron chi connectivity index (χ3n) is 5.80. The number of rotatable bonds is 8. The maximum Gasteiger partial charge on any atom is 0.325 e. The first-order chi connectivity index (χ1) is 17.8. The molecule has 9 heteroatoms. The third-order valence-corrected chi connectivity index (χ3v) is 6.49. The van der Waals surface area contributed by atoms with Crippen LogP contribution in [0.25, 0.3) is 6.08 Å². The molecule has 190 valence electrons. The molecule has 0 N–H and O–H groups in total. The van der Waals surface area contributed by atoms with E-state index in [-0.39, 0.29) is 35.7 Å². The van der Waals surface area contributed by atoms with E-state index in [1.165, 1.54) is 29.0 Å². The fourth-order valence-electron chi connectivity index (χ4n) is 3.80. The maximum absolute atomic E-state index is 13.5. The maximum atomic E-state index is 13.5. The highest BCUT2D eigenvalue weighted by molar-refractivity contribution is 7.80. The highest BCUT2D eigenvalue weighted by Gasteiger charge is 2.40. The molecule has 1 amide bonds. The number of halogens is 2. The molecule has 1 aliphatic rings. The van der Waals surface area contributed by atoms with Crippen molar-refractivity contribution in [3.63, 3.8) is 0 Å². The summed E-state index contributed by atoms with van der Waals surface area (Å²) in [6.45, 7) is 1.96. The molecule has 4 rings (SSSR count). The molecule has 0 atom stereocenters. The Kier molecular flexibility index (Phi) is 8.21. The molecule has 1 heterocycles. The summed E-state index contributed by atoms with van der Waals surface area (Å²) < 4.78 is 24.0. The van der Waals surface area contributed by atoms with E-state index in [1.807, 2.05) is 31.2 Å². The molecular weight excluding hydrogens is 515 g/mol. The van der Waals surface area contributed by atoms with Crippen LogP contribution in [0, 0.1) is 5.82 Å². The quantitative estimate of drug-likeness (QED) is 0.206. The van der Waals surface area contributed by atoms with Crippen LogP contribution in [0.2, 0.25) is 5.02 Å². The van der Waals surface area contributed by atoms with Gasteiger partial charge in [0.15, 0.2) is 5.11 Å². The van der Waals surface area contributed by atoms with Crippen LogP contribution in [0.5, 0.6) is 5.75 Å². The Morgan fingerprint density at radius 1 is 1.08 bits per heavy atom. The Morgan fingerprint density at radius 2 is 1.84 bits per heavy atom. The van der Waals surface area contributed by atoms with Gasteiger partial charge >= 0.3 is 5.97 Å². The Hall–Kier alpha value is -3.75. The average molecular weight is 539 g/mol. The highest BCUT2D eigenvalue weighted by Crippen LogP contribution is 2.32. The molecule has 3 aromatic carbocycles. The summed E-state index contributed by atoms with van der Waals surface area (Å²) in [4.78, 5) is 28.4. The first-order valence-corrected chi connectivity index (χ1v) is 12.3. The highest BCUT2D eigenvalue weighted by atomic mass is 35.5. The molecule has 1 fully saturated rings. The number of carbonyl (C=O) groups is 2. The Bertz CT molecular complexity index is 1380. The van der Waals surface area contributed by atoms with Crippen LogP contribution in [0.4, 0.5) is 10.1 Å². The standard InChI is InChI=1S/C28H24ClFN2O4S/c1-3-18-7-10-22(11-8-18)32-27(34)24(31(28(32)37)16-26(33)35-2)15-19-9-12-25(23(29)14-19)36-17-20-5-4-6-21(30)13-20/h4-15H,3,16-17H2,1-2H3/b24-15-. The summed E-state index contributed by atoms with van der Waals surface area (Å²) in [6, 6.07) is 18.6. The van der Waals surface area contributed by atoms with Gasteiger partial charge in [-0.3, -0.25) is 14.5 Å². The number of anilines is 1. The predicted octanol–water partition coefficient (Wildman–Crippen LogP) is 5.77. The fourth-order valence-corrected chi connectivity index (χ4v) is 4.40. The Labute approximate surface area is 224 Å². The van der Waals surface area contributed by atoms with Gasteiger partial charge < -0.3 is 14.4 Å². The molecule has 0 bridgehead atoms. The summed E-state index contributed by atoms with van der Waals surface area (Å²) >= 11 is 12.0. The Balaban J connectivity index is 1.61. The van der Waals surface area contributed by atoms with Crippen molar-refractivity contribution in [1.29, 1.82) is 0 Å². The van der Waals surface area contributed by atoms with Gasteiger partial charge in [-0.05, 0) is 77.8 Å². The normalized spacial score (nSPS) is 14.4. The topological polar surface area (TPSA) is 59.1 Å². The average Bonchev–Trinajstić information content (AvgIpc) is 3.12. The monoisotopic (exact) mass is 538 g/mol. The van der Waals surface area contributed by atoms with E-state index in [2.05, 4.69) is 0 Å². The lowest BCUT2D eigenvalue weighted by atomic mass is 10.1. The smallest absolute Gasteiger partial charge is 0.325 e. The number of esters is 1. The van der Waals surface area contributed by atoms with Crippen LogP contribution in [-0.2, 0) is 27.4 Å². The zero-order chi connectivity index (χ0) is 26.5. The first kappa shape index (κ1) is 26.3. The molecule has 0 aliphatic carbocycles. The number of ether oxygens (including phenoxy) is 2. The summed E-state index contributed by atoms with van der Waals surface area (Å²) in [5, 5.41) is 0.484. The molecule has 0 spiro atoms. The van der Waals surface area contributed by atoms with Crippen molar-refractivity contribution < 1.29 is 23.5 Å². The SMILES string of the molecule is CCc1ccc(N2C(=O)/C(=C/c3ccc(OCc4cccc(F)c4)c(Cl)c3)N(CC(=O)OC)C2=S)cc1. The largest absolute Gasteiger partial charge is 0.487 e. The van der Waals surface area contributed by atoms with Crippen LogP contribution >= 0.6 is 23.8 Å². The van der Waals surface area contributed by atoms with Gasteiger partial charge in [-0.2, -0.15) is 0 Å². The van der Waals surface area contributed by atoms with E-state index < -0.39 is 5.97 Å². The lowest BCUT2D eigenvalue weighted by Crippen LogP contribution is -2.35. The minimum atomic E-state index is -0.539. The van der Waals surface area contributed by atoms with Crippen molar-refractivity contribution in [3.05, 3.63) is 100.0 Å². The van der Waals surface area contributed by atoms with Crippen molar-refractivity contribution in [3.8, 4) is 5.75 Å². The number of benzene rings is 3. The fraction of sp³-hybridized carbons (Fsp3) is 0.179. The zero-order valence-corrected chi connectivity index (χ0v) is 21.8. The molecule has 0 aromatic heterocycles. The number of thiocarbonyl (C=S) groups is 1. The van der Waals surface area contributed by atoms with Crippen LogP contribution in [0.3, 0.4) is 0 Å². The van der Waals surface area contributed by atoms with E-state index in [1.54, 1.807) is 36.4 Å². The first-order valence-electron chi connectivity index (χ1n) is 11.5. The molecule has 0 radical (unpaired) electrons. The number of hydrogen-bond donors (Lipinski definition) is 0. The molecule has 37 heavy (non-hydrogen) atoms. The molecule has 1 aliphatic heterocycles. The lowest BCUT2D eigenvalue weighted by molar-refractivity contribution is -0.140. The second-order valence-electron chi connectivity index (χ2n) is 8.24. The van der Waals surface area contributed by atoms with Gasteiger partial charge in [0.1, 0.15) is 30.4 Å². The number of methoxy groups -OCH3 is 1. The minimum Gasteiger partial charge on any atom is -0.487 e. The number of carbonyl (C=O) groups excluding carboxylic acids is 2. The van der Waals surface area contributed by atoms with Crippen molar-refractivity contribution in [1.82, 2.24) is 4.90 Å². The number of amides is 1. The van der Waals surface area contributed by atoms with E-state index in [4.69, 9.17) is 33.3 Å². The molecule has 1 saturated heterocycles. The van der Waals surface area contributed by atoms with E-state index >= 15 is 0 Å². The molecular formula is C28H24ClFN2O4S. The predicted molar refractivity (Wildman–Crippen MR) is 145 cm³/mol. The molecule has 0 saturated carbocycles. The lowest BCUT2D eigenvalue weighted by Gasteiger charge is -2.19. The van der Waals surface area contributed by atoms with Gasteiger partial charge in [0.2, 0.25) is 0 Å². The number of hydrogen-bond acceptors (Lipinski definition) is 5. The Morgan fingerprint density at radius 3 is 2.49 bits per heavy atom. The van der Waals surface area contributed by atoms with Crippen molar-refractivity contribution in [2.75, 3.05) is 18.6 Å². The summed E-state index contributed by atoms with van der Waals surface area (Å²) in [7, 11) is 1.27. The van der Waals surface area contributed by atoms with E-state index in [0.717, 1.165) is 12.0 Å². The van der Waals surface area contributed by atoms with Crippen molar-refractivity contribution >= 4 is 52.6 Å². The molecule has 3 aromatic rings. The van der Waals surface area contributed by atoms with Crippen molar-refractivity contribution in [2.45, 2.75) is 20.0 Å². The zero-order valence-electron chi connectivity index (χ0n) is 20.2. The molecule has 6 nitrogen and oxygen atoms in total. The summed E-state index contributed by atoms with van der Waals surface area (Å²) in [5.41, 5.74) is 3.20. The van der Waals surface area contributed by atoms with Crippen LogP contribution in [0.15, 0.2) is 72.4 Å². The number of nitrogens with zero attached hydrogens (tertiary/aromatic N) is 2. The van der Waals surface area contributed by atoms with E-state index in [0.29, 0.717) is 27.6 Å². The number of aryl methyl sites for hydroxylation is 1. The van der Waals surface area contributed by atoms with Gasteiger partial charge in [-0.1, -0.05) is 48.9 Å². The van der Waals surface area contributed by atoms with Crippen LogP contribution in [0.1, 0.15) is 23.6 Å². The van der Waals surface area contributed by atoms with Gasteiger partial charge in [0, 0.05) is 0 Å². The summed E-state index contributed by atoms with van der Waals surface area (Å²) in [6.07, 6.45) is 2.47. The molecule has 0 unspecified atom stereocenters. The van der Waals surface area contributed by atoms with Gasteiger partial charge in [-0.25, -0.2) is 4.39 Å². The minimum absolute atomic E-state index is 0.142. The van der Waals surface area contributed by atoms with Gasteiger partial charge in [0.05, 0.1) is 17.8 Å². The van der Waals surface area contributed by atoms with Crippen molar-refractivity contribution in [2.24, 2.45) is 0 Å². The van der Waals surface area contributed by atoms with Gasteiger partial charge in [-0.15, -0.1) is 0 Å². The third kappa shape index (κ3) is 5.98. The van der Waals surface area contributed by atoms with Gasteiger partial charge in [0.25, 0.3) is 5.91 Å². The van der Waals surface area contributed by atoms with Crippen LogP contribution in [-0.4, -0.2) is 35.5 Å².